The van der Waals surface area contributed by atoms with Crippen LogP contribution in [-0.2, 0) is 9.59 Å². The fourth-order valence-electron chi connectivity index (χ4n) is 0.777. The zero-order valence-corrected chi connectivity index (χ0v) is 9.00. The number of aliphatic hydroxyl groups is 1. The fourth-order valence-corrected chi connectivity index (χ4v) is 1.72. The summed E-state index contributed by atoms with van der Waals surface area (Å²) in [6, 6.07) is -0.878. The van der Waals surface area contributed by atoms with Crippen LogP contribution in [0.3, 0.4) is 0 Å². The van der Waals surface area contributed by atoms with Gasteiger partial charge in [-0.1, -0.05) is 0 Å². The lowest BCUT2D eigenvalue weighted by atomic mass is 10.3. The Morgan fingerprint density at radius 3 is 2.36 bits per heavy atom. The lowest BCUT2D eigenvalue weighted by Gasteiger charge is -2.13. The molecule has 0 fully saturated rings. The van der Waals surface area contributed by atoms with Gasteiger partial charge in [0.2, 0.25) is 5.91 Å². The van der Waals surface area contributed by atoms with Crippen molar-refractivity contribution in [3.63, 3.8) is 0 Å². The van der Waals surface area contributed by atoms with E-state index in [0.717, 1.165) is 0 Å². The minimum absolute atomic E-state index is 0.264. The number of aliphatic carboxylic acids is 1. The molecule has 0 aliphatic carbocycles. The molecule has 6 heteroatoms. The number of carboxylic acid groups (broad SMARTS) is 1. The summed E-state index contributed by atoms with van der Waals surface area (Å²) in [5.74, 6) is -0.697. The second kappa shape index (κ2) is 6.67. The van der Waals surface area contributed by atoms with Gasteiger partial charge < -0.3 is 15.5 Å². The molecule has 0 aliphatic heterocycles. The molecule has 3 N–H and O–H groups in total. The second-order valence-electron chi connectivity index (χ2n) is 2.98. The predicted octanol–water partition coefficient (Wildman–Crippen LogP) is -0.310. The molecule has 0 heterocycles. The van der Waals surface area contributed by atoms with Crippen LogP contribution in [0.15, 0.2) is 0 Å². The molecule has 0 aromatic carbocycles. The molecule has 0 aromatic rings. The van der Waals surface area contributed by atoms with E-state index >= 15 is 0 Å². The molecule has 0 aliphatic rings. The van der Waals surface area contributed by atoms with Gasteiger partial charge in [0.15, 0.2) is 0 Å². The van der Waals surface area contributed by atoms with Crippen LogP contribution in [-0.4, -0.2) is 45.7 Å². The zero-order chi connectivity index (χ0) is 11.1. The van der Waals surface area contributed by atoms with E-state index in [4.69, 9.17) is 10.2 Å². The van der Waals surface area contributed by atoms with E-state index in [2.05, 4.69) is 5.32 Å². The molecule has 1 unspecified atom stereocenters. The molecule has 2 atom stereocenters. The van der Waals surface area contributed by atoms with Crippen molar-refractivity contribution >= 4 is 23.6 Å². The van der Waals surface area contributed by atoms with Crippen LogP contribution >= 0.6 is 11.8 Å². The standard InChI is InChI=1S/C8H15NO4S/c1-5(10)3-14-4-7(8(12)13)9-6(2)11/h5,7,10H,3-4H2,1-2H3,(H,9,11)(H,12,13)/t5?,7-/m1/s1. The summed E-state index contributed by atoms with van der Waals surface area (Å²) in [5.41, 5.74) is 0. The van der Waals surface area contributed by atoms with Crippen molar-refractivity contribution in [3.05, 3.63) is 0 Å². The van der Waals surface area contributed by atoms with Crippen molar-refractivity contribution in [1.82, 2.24) is 5.32 Å². The highest BCUT2D eigenvalue weighted by Crippen LogP contribution is 2.05. The van der Waals surface area contributed by atoms with Gasteiger partial charge in [0.05, 0.1) is 6.10 Å². The number of carboxylic acids is 1. The zero-order valence-electron chi connectivity index (χ0n) is 8.19. The quantitative estimate of drug-likeness (QED) is 0.572. The van der Waals surface area contributed by atoms with Crippen molar-refractivity contribution in [2.45, 2.75) is 26.0 Å². The second-order valence-corrected chi connectivity index (χ2v) is 4.05. The minimum Gasteiger partial charge on any atom is -0.480 e. The van der Waals surface area contributed by atoms with Crippen molar-refractivity contribution in [3.8, 4) is 0 Å². The van der Waals surface area contributed by atoms with Gasteiger partial charge in [-0.3, -0.25) is 4.79 Å². The third-order valence-corrected chi connectivity index (χ3v) is 2.61. The highest BCUT2D eigenvalue weighted by Gasteiger charge is 2.18. The maximum absolute atomic E-state index is 10.6. The Morgan fingerprint density at radius 1 is 1.43 bits per heavy atom. The van der Waals surface area contributed by atoms with Gasteiger partial charge in [0.25, 0.3) is 0 Å². The van der Waals surface area contributed by atoms with Crippen molar-refractivity contribution in [2.24, 2.45) is 0 Å². The van der Waals surface area contributed by atoms with Crippen molar-refractivity contribution in [1.29, 1.82) is 0 Å². The number of hydrogen-bond donors (Lipinski definition) is 3. The average Bonchev–Trinajstić information content (AvgIpc) is 2.00. The number of aliphatic hydroxyl groups excluding tert-OH is 1. The fraction of sp³-hybridized carbons (Fsp3) is 0.750. The van der Waals surface area contributed by atoms with Crippen LogP contribution in [0.5, 0.6) is 0 Å². The molecule has 82 valence electrons. The van der Waals surface area contributed by atoms with Crippen LogP contribution in [0.25, 0.3) is 0 Å². The van der Waals surface area contributed by atoms with E-state index < -0.39 is 18.1 Å². The highest BCUT2D eigenvalue weighted by atomic mass is 32.2. The smallest absolute Gasteiger partial charge is 0.327 e. The number of hydrogen-bond acceptors (Lipinski definition) is 4. The summed E-state index contributed by atoms with van der Waals surface area (Å²) in [6.07, 6.45) is -0.466. The van der Waals surface area contributed by atoms with Gasteiger partial charge in [-0.2, -0.15) is 11.8 Å². The lowest BCUT2D eigenvalue weighted by Crippen LogP contribution is -2.41. The number of amides is 1. The SMILES string of the molecule is CC(=O)N[C@H](CSCC(C)O)C(=O)O. The number of nitrogens with one attached hydrogen (secondary N) is 1. The number of carbonyl (C=O) groups is 2. The van der Waals surface area contributed by atoms with Crippen LogP contribution in [0.4, 0.5) is 0 Å². The summed E-state index contributed by atoms with van der Waals surface area (Å²) in [4.78, 5) is 21.2. The molecule has 0 saturated heterocycles. The maximum atomic E-state index is 10.6. The highest BCUT2D eigenvalue weighted by molar-refractivity contribution is 7.99. The first-order chi connectivity index (χ1) is 6.43. The van der Waals surface area contributed by atoms with E-state index in [0.29, 0.717) is 5.75 Å². The molecule has 14 heavy (non-hydrogen) atoms. The van der Waals surface area contributed by atoms with Gasteiger partial charge in [-0.25, -0.2) is 4.79 Å². The summed E-state index contributed by atoms with van der Waals surface area (Å²) in [6.45, 7) is 2.90. The normalized spacial score (nSPS) is 14.5. The van der Waals surface area contributed by atoms with Gasteiger partial charge in [0.1, 0.15) is 6.04 Å². The largest absolute Gasteiger partial charge is 0.480 e. The summed E-state index contributed by atoms with van der Waals surface area (Å²) >= 11 is 1.29. The summed E-state index contributed by atoms with van der Waals surface area (Å²) in [7, 11) is 0. The molecule has 0 bridgehead atoms. The topological polar surface area (TPSA) is 86.6 Å². The average molecular weight is 221 g/mol. The number of rotatable bonds is 6. The van der Waals surface area contributed by atoms with Gasteiger partial charge >= 0.3 is 5.97 Å². The molecule has 0 spiro atoms. The lowest BCUT2D eigenvalue weighted by molar-refractivity contribution is -0.140. The third-order valence-electron chi connectivity index (χ3n) is 1.32. The van der Waals surface area contributed by atoms with E-state index in [1.54, 1.807) is 6.92 Å². The van der Waals surface area contributed by atoms with E-state index in [9.17, 15) is 9.59 Å². The molecule has 0 saturated carbocycles. The first kappa shape index (κ1) is 13.2. The van der Waals surface area contributed by atoms with E-state index in [1.165, 1.54) is 18.7 Å². The summed E-state index contributed by atoms with van der Waals surface area (Å²) < 4.78 is 0. The molecule has 1 amide bonds. The Hall–Kier alpha value is -0.750. The van der Waals surface area contributed by atoms with Crippen LogP contribution in [0.2, 0.25) is 0 Å². The Balaban J connectivity index is 3.86. The molecular weight excluding hydrogens is 206 g/mol. The van der Waals surface area contributed by atoms with E-state index in [-0.39, 0.29) is 11.7 Å². The van der Waals surface area contributed by atoms with Crippen molar-refractivity contribution in [2.75, 3.05) is 11.5 Å². The van der Waals surface area contributed by atoms with Crippen LogP contribution in [0.1, 0.15) is 13.8 Å². The first-order valence-corrected chi connectivity index (χ1v) is 5.34. The molecule has 0 rings (SSSR count). The van der Waals surface area contributed by atoms with Gasteiger partial charge in [0, 0.05) is 18.4 Å². The van der Waals surface area contributed by atoms with Crippen LogP contribution < -0.4 is 5.32 Å². The molecule has 5 nitrogen and oxygen atoms in total. The Kier molecular flexibility index (Phi) is 6.31. The number of carbonyl (C=O) groups excluding carboxylic acids is 1. The Morgan fingerprint density at radius 2 is 2.00 bits per heavy atom. The maximum Gasteiger partial charge on any atom is 0.327 e. The third kappa shape index (κ3) is 6.73. The van der Waals surface area contributed by atoms with Gasteiger partial charge in [-0.15, -0.1) is 0 Å². The predicted molar refractivity (Wildman–Crippen MR) is 54.2 cm³/mol. The molecule has 0 aromatic heterocycles. The monoisotopic (exact) mass is 221 g/mol. The van der Waals surface area contributed by atoms with Crippen LogP contribution in [0, 0.1) is 0 Å². The Labute approximate surface area is 86.9 Å². The minimum atomic E-state index is -1.06. The Bertz CT molecular complexity index is 208. The molecule has 0 radical (unpaired) electrons. The summed E-state index contributed by atoms with van der Waals surface area (Å²) in [5, 5.41) is 19.9. The van der Waals surface area contributed by atoms with Gasteiger partial charge in [-0.05, 0) is 6.92 Å². The van der Waals surface area contributed by atoms with Crippen molar-refractivity contribution < 1.29 is 19.8 Å². The number of thioether (sulfide) groups is 1. The first-order valence-electron chi connectivity index (χ1n) is 4.19. The van der Waals surface area contributed by atoms with E-state index in [1.807, 2.05) is 0 Å². The molecular formula is C8H15NO4S.